The quantitative estimate of drug-likeness (QED) is 0.735. The zero-order chi connectivity index (χ0) is 14.7. The molecule has 0 aliphatic carbocycles. The molecule has 0 aliphatic heterocycles. The van der Waals surface area contributed by atoms with Crippen molar-refractivity contribution < 1.29 is 9.53 Å². The van der Waals surface area contributed by atoms with Crippen molar-refractivity contribution in [2.75, 3.05) is 7.11 Å². The smallest absolute Gasteiger partial charge is 0.167 e. The summed E-state index contributed by atoms with van der Waals surface area (Å²) in [5.41, 5.74) is 2.56. The Morgan fingerprint density at radius 1 is 1.25 bits per heavy atom. The van der Waals surface area contributed by atoms with Crippen LogP contribution in [0.3, 0.4) is 0 Å². The predicted octanol–water partition coefficient (Wildman–Crippen LogP) is 4.84. The molecule has 2 nitrogen and oxygen atoms in total. The van der Waals surface area contributed by atoms with Gasteiger partial charge in [0, 0.05) is 17.0 Å². The van der Waals surface area contributed by atoms with Crippen molar-refractivity contribution >= 4 is 33.3 Å². The zero-order valence-electron chi connectivity index (χ0n) is 11.2. The van der Waals surface area contributed by atoms with E-state index in [-0.39, 0.29) is 12.2 Å². The molecule has 0 spiro atoms. The van der Waals surface area contributed by atoms with Gasteiger partial charge in [-0.3, -0.25) is 4.79 Å². The molecule has 0 heterocycles. The third kappa shape index (κ3) is 3.41. The first-order valence-corrected chi connectivity index (χ1v) is 7.30. The normalized spacial score (nSPS) is 10.4. The predicted molar refractivity (Wildman–Crippen MR) is 84.9 cm³/mol. The molecule has 0 saturated heterocycles. The van der Waals surface area contributed by atoms with Gasteiger partial charge in [-0.25, -0.2) is 0 Å². The third-order valence-electron chi connectivity index (χ3n) is 3.03. The van der Waals surface area contributed by atoms with Gasteiger partial charge in [0.2, 0.25) is 0 Å². The molecule has 2 aromatic carbocycles. The molecule has 2 rings (SSSR count). The van der Waals surface area contributed by atoms with E-state index in [4.69, 9.17) is 16.3 Å². The van der Waals surface area contributed by atoms with Crippen LogP contribution in [0.2, 0.25) is 5.02 Å². The van der Waals surface area contributed by atoms with E-state index in [0.29, 0.717) is 16.3 Å². The molecular formula is C16H14BrClO2. The van der Waals surface area contributed by atoms with E-state index >= 15 is 0 Å². The maximum absolute atomic E-state index is 12.3. The number of Topliss-reactive ketones (excluding diaryl/α,β-unsaturated/α-hetero) is 1. The number of halogens is 2. The number of methoxy groups -OCH3 is 1. The van der Waals surface area contributed by atoms with Crippen molar-refractivity contribution in [3.05, 3.63) is 62.6 Å². The van der Waals surface area contributed by atoms with Crippen molar-refractivity contribution in [2.24, 2.45) is 0 Å². The van der Waals surface area contributed by atoms with Crippen LogP contribution in [0, 0.1) is 6.92 Å². The number of hydrogen-bond donors (Lipinski definition) is 0. The topological polar surface area (TPSA) is 26.3 Å². The SMILES string of the molecule is COc1ccc(C(=O)Cc2ccc(C)cc2Cl)cc1Br. The standard InChI is InChI=1S/C16H14BrClO2/c1-10-3-4-11(14(18)7-10)9-15(19)12-5-6-16(20-2)13(17)8-12/h3-8H,9H2,1-2H3. The van der Waals surface area contributed by atoms with Crippen molar-refractivity contribution in [1.29, 1.82) is 0 Å². The molecule has 2 aromatic rings. The summed E-state index contributed by atoms with van der Waals surface area (Å²) < 4.78 is 5.92. The lowest BCUT2D eigenvalue weighted by atomic mass is 10.0. The number of ether oxygens (including phenoxy) is 1. The van der Waals surface area contributed by atoms with Crippen molar-refractivity contribution in [3.8, 4) is 5.75 Å². The van der Waals surface area contributed by atoms with Gasteiger partial charge in [-0.2, -0.15) is 0 Å². The second-order valence-electron chi connectivity index (χ2n) is 4.54. The van der Waals surface area contributed by atoms with Gasteiger partial charge >= 0.3 is 0 Å². The van der Waals surface area contributed by atoms with E-state index in [1.54, 1.807) is 25.3 Å². The number of carbonyl (C=O) groups is 1. The molecule has 0 saturated carbocycles. The van der Waals surface area contributed by atoms with Crippen LogP contribution in [-0.2, 0) is 6.42 Å². The zero-order valence-corrected chi connectivity index (χ0v) is 13.6. The lowest BCUT2D eigenvalue weighted by molar-refractivity contribution is 0.0993. The highest BCUT2D eigenvalue weighted by Gasteiger charge is 2.11. The minimum atomic E-state index is 0.0270. The molecule has 0 radical (unpaired) electrons. The number of ketones is 1. The van der Waals surface area contributed by atoms with Gasteiger partial charge in [-0.05, 0) is 58.2 Å². The fourth-order valence-electron chi connectivity index (χ4n) is 1.91. The van der Waals surface area contributed by atoms with E-state index in [1.807, 2.05) is 25.1 Å². The van der Waals surface area contributed by atoms with E-state index in [0.717, 1.165) is 15.6 Å². The Balaban J connectivity index is 2.21. The van der Waals surface area contributed by atoms with Gasteiger partial charge in [0.1, 0.15) is 5.75 Å². The largest absolute Gasteiger partial charge is 0.496 e. The summed E-state index contributed by atoms with van der Waals surface area (Å²) in [6.07, 6.45) is 0.290. The fourth-order valence-corrected chi connectivity index (χ4v) is 2.75. The number of benzene rings is 2. The van der Waals surface area contributed by atoms with Gasteiger partial charge in [0.25, 0.3) is 0 Å². The fraction of sp³-hybridized carbons (Fsp3) is 0.188. The van der Waals surface area contributed by atoms with Gasteiger partial charge in [0.05, 0.1) is 11.6 Å². The number of carbonyl (C=O) groups excluding carboxylic acids is 1. The summed E-state index contributed by atoms with van der Waals surface area (Å²) in [7, 11) is 1.59. The Hall–Kier alpha value is -1.32. The highest BCUT2D eigenvalue weighted by molar-refractivity contribution is 9.10. The van der Waals surface area contributed by atoms with E-state index in [2.05, 4.69) is 15.9 Å². The Labute approximate surface area is 131 Å². The summed E-state index contributed by atoms with van der Waals surface area (Å²) in [5.74, 6) is 0.731. The molecule has 104 valence electrons. The summed E-state index contributed by atoms with van der Waals surface area (Å²) in [5, 5.41) is 0.630. The third-order valence-corrected chi connectivity index (χ3v) is 4.00. The monoisotopic (exact) mass is 352 g/mol. The Kier molecular flexibility index (Phi) is 4.84. The number of hydrogen-bond acceptors (Lipinski definition) is 2. The Bertz CT molecular complexity index is 653. The maximum atomic E-state index is 12.3. The first kappa shape index (κ1) is 15.1. The number of rotatable bonds is 4. The number of aryl methyl sites for hydroxylation is 1. The van der Waals surface area contributed by atoms with Gasteiger partial charge in [0.15, 0.2) is 5.78 Å². The molecule has 0 bridgehead atoms. The van der Waals surface area contributed by atoms with Crippen LogP contribution in [0.1, 0.15) is 21.5 Å². The summed E-state index contributed by atoms with van der Waals surface area (Å²) in [6, 6.07) is 11.0. The first-order valence-electron chi connectivity index (χ1n) is 6.13. The second kappa shape index (κ2) is 6.42. The van der Waals surface area contributed by atoms with Crippen LogP contribution in [0.4, 0.5) is 0 Å². The van der Waals surface area contributed by atoms with E-state index in [1.165, 1.54) is 0 Å². The van der Waals surface area contributed by atoms with Crippen LogP contribution in [-0.4, -0.2) is 12.9 Å². The highest BCUT2D eigenvalue weighted by Crippen LogP contribution is 2.26. The molecule has 0 amide bonds. The van der Waals surface area contributed by atoms with Crippen molar-refractivity contribution in [1.82, 2.24) is 0 Å². The average Bonchev–Trinajstić information content (AvgIpc) is 2.41. The van der Waals surface area contributed by atoms with E-state index in [9.17, 15) is 4.79 Å². The molecule has 20 heavy (non-hydrogen) atoms. The summed E-state index contributed by atoms with van der Waals surface area (Å²) >= 11 is 9.54. The van der Waals surface area contributed by atoms with Crippen LogP contribution in [0.15, 0.2) is 40.9 Å². The summed E-state index contributed by atoms with van der Waals surface area (Å²) in [4.78, 5) is 12.3. The van der Waals surface area contributed by atoms with Crippen molar-refractivity contribution in [2.45, 2.75) is 13.3 Å². The molecule has 0 N–H and O–H groups in total. The van der Waals surface area contributed by atoms with Crippen LogP contribution < -0.4 is 4.74 Å². The lowest BCUT2D eigenvalue weighted by Crippen LogP contribution is -2.04. The first-order chi connectivity index (χ1) is 9.51. The van der Waals surface area contributed by atoms with Gasteiger partial charge in [-0.15, -0.1) is 0 Å². The molecule has 0 unspecified atom stereocenters. The minimum absolute atomic E-state index is 0.0270. The van der Waals surface area contributed by atoms with Crippen LogP contribution >= 0.6 is 27.5 Å². The Morgan fingerprint density at radius 3 is 2.60 bits per heavy atom. The minimum Gasteiger partial charge on any atom is -0.496 e. The molecule has 0 aromatic heterocycles. The van der Waals surface area contributed by atoms with Crippen LogP contribution in [0.5, 0.6) is 5.75 Å². The summed E-state index contributed by atoms with van der Waals surface area (Å²) in [6.45, 7) is 1.97. The molecule has 0 aliphatic rings. The Morgan fingerprint density at radius 2 is 2.00 bits per heavy atom. The second-order valence-corrected chi connectivity index (χ2v) is 5.81. The molecule has 0 atom stereocenters. The molecule has 0 fully saturated rings. The molecular weight excluding hydrogens is 340 g/mol. The van der Waals surface area contributed by atoms with Crippen LogP contribution in [0.25, 0.3) is 0 Å². The van der Waals surface area contributed by atoms with Crippen molar-refractivity contribution in [3.63, 3.8) is 0 Å². The van der Waals surface area contributed by atoms with Gasteiger partial charge in [-0.1, -0.05) is 23.7 Å². The maximum Gasteiger partial charge on any atom is 0.167 e. The van der Waals surface area contributed by atoms with Gasteiger partial charge < -0.3 is 4.74 Å². The lowest BCUT2D eigenvalue weighted by Gasteiger charge is -2.07. The van der Waals surface area contributed by atoms with E-state index < -0.39 is 0 Å². The molecule has 4 heteroatoms. The average molecular weight is 354 g/mol. The highest BCUT2D eigenvalue weighted by atomic mass is 79.9.